The van der Waals surface area contributed by atoms with E-state index in [0.29, 0.717) is 10.9 Å². The number of aromatic hydroxyl groups is 1. The second-order valence-corrected chi connectivity index (χ2v) is 4.20. The molecule has 0 bridgehead atoms. The summed E-state index contributed by atoms with van der Waals surface area (Å²) in [5, 5.41) is 10.0. The largest absolute Gasteiger partial charge is 0.508 e. The molecule has 1 N–H and O–H groups in total. The Balaban J connectivity index is 2.62. The Labute approximate surface area is 121 Å². The molecule has 110 valence electrons. The Morgan fingerprint density at radius 1 is 1.10 bits per heavy atom. The number of ether oxygens (including phenoxy) is 2. The number of pyridine rings is 1. The number of aromatic nitrogens is 1. The predicted molar refractivity (Wildman–Crippen MR) is 75.3 cm³/mol. The lowest BCUT2D eigenvalue weighted by atomic mass is 10.1. The molecule has 1 aromatic heterocycles. The summed E-state index contributed by atoms with van der Waals surface area (Å²) in [6.07, 6.45) is 0. The van der Waals surface area contributed by atoms with Gasteiger partial charge in [0.15, 0.2) is 0 Å². The lowest BCUT2D eigenvalue weighted by molar-refractivity contribution is 0.0519. The van der Waals surface area contributed by atoms with Crippen LogP contribution in [-0.2, 0) is 9.47 Å². The van der Waals surface area contributed by atoms with Gasteiger partial charge in [-0.2, -0.15) is 0 Å². The summed E-state index contributed by atoms with van der Waals surface area (Å²) in [4.78, 5) is 27.9. The maximum atomic E-state index is 12.0. The summed E-state index contributed by atoms with van der Waals surface area (Å²) in [6.45, 7) is 3.79. The highest BCUT2D eigenvalue weighted by atomic mass is 16.5. The maximum absolute atomic E-state index is 12.0. The average Bonchev–Trinajstić information content (AvgIpc) is 2.46. The molecule has 0 saturated carbocycles. The fourth-order valence-corrected chi connectivity index (χ4v) is 1.90. The SMILES string of the molecule is CCOC(=O)c1cc(C(=O)OCC)c2ccc(O)cc2n1. The second kappa shape index (κ2) is 6.21. The van der Waals surface area contributed by atoms with Gasteiger partial charge in [0.1, 0.15) is 11.4 Å². The number of carbonyl (C=O) groups excluding carboxylic acids is 2. The van der Waals surface area contributed by atoms with Gasteiger partial charge in [-0.15, -0.1) is 0 Å². The van der Waals surface area contributed by atoms with Crippen LogP contribution in [0.15, 0.2) is 24.3 Å². The van der Waals surface area contributed by atoms with Crippen LogP contribution in [0.2, 0.25) is 0 Å². The van der Waals surface area contributed by atoms with Crippen LogP contribution in [-0.4, -0.2) is 35.2 Å². The van der Waals surface area contributed by atoms with Crippen LogP contribution in [0.5, 0.6) is 5.75 Å². The molecule has 0 amide bonds. The van der Waals surface area contributed by atoms with Crippen molar-refractivity contribution in [3.05, 3.63) is 35.5 Å². The van der Waals surface area contributed by atoms with E-state index in [2.05, 4.69) is 4.98 Å². The minimum Gasteiger partial charge on any atom is -0.508 e. The number of phenolic OH excluding ortho intramolecular Hbond substituents is 1. The first-order valence-electron chi connectivity index (χ1n) is 6.54. The summed E-state index contributed by atoms with van der Waals surface area (Å²) in [5.41, 5.74) is 0.534. The third-order valence-electron chi connectivity index (χ3n) is 2.77. The first-order valence-corrected chi connectivity index (χ1v) is 6.54. The molecule has 1 aromatic carbocycles. The normalized spacial score (nSPS) is 10.4. The summed E-state index contributed by atoms with van der Waals surface area (Å²) >= 11 is 0. The van der Waals surface area contributed by atoms with E-state index in [1.165, 1.54) is 18.2 Å². The molecule has 0 aliphatic heterocycles. The summed E-state index contributed by atoms with van der Waals surface area (Å²) in [5.74, 6) is -1.19. The maximum Gasteiger partial charge on any atom is 0.356 e. The zero-order valence-corrected chi connectivity index (χ0v) is 11.8. The molecule has 0 atom stereocenters. The average molecular weight is 289 g/mol. The highest BCUT2D eigenvalue weighted by Gasteiger charge is 2.18. The quantitative estimate of drug-likeness (QED) is 0.869. The number of phenols is 1. The molecule has 0 radical (unpaired) electrons. The van der Waals surface area contributed by atoms with Crippen molar-refractivity contribution < 1.29 is 24.2 Å². The molecule has 0 aliphatic rings. The Morgan fingerprint density at radius 2 is 1.76 bits per heavy atom. The van der Waals surface area contributed by atoms with E-state index >= 15 is 0 Å². The third kappa shape index (κ3) is 3.10. The molecule has 0 fully saturated rings. The summed E-state index contributed by atoms with van der Waals surface area (Å²) < 4.78 is 9.87. The van der Waals surface area contributed by atoms with E-state index in [1.54, 1.807) is 19.9 Å². The molecule has 0 saturated heterocycles. The molecular formula is C15H15NO5. The Bertz CT molecular complexity index is 696. The molecule has 21 heavy (non-hydrogen) atoms. The number of nitrogens with zero attached hydrogens (tertiary/aromatic N) is 1. The van der Waals surface area contributed by atoms with Gasteiger partial charge in [0.25, 0.3) is 0 Å². The van der Waals surface area contributed by atoms with Gasteiger partial charge in [-0.3, -0.25) is 0 Å². The van der Waals surface area contributed by atoms with Gasteiger partial charge in [-0.05, 0) is 32.0 Å². The molecule has 0 aliphatic carbocycles. The highest BCUT2D eigenvalue weighted by Crippen LogP contribution is 2.23. The zero-order chi connectivity index (χ0) is 15.4. The zero-order valence-electron chi connectivity index (χ0n) is 11.8. The molecule has 0 unspecified atom stereocenters. The van der Waals surface area contributed by atoms with Crippen LogP contribution in [0.25, 0.3) is 10.9 Å². The number of fused-ring (bicyclic) bond motifs is 1. The van der Waals surface area contributed by atoms with Crippen LogP contribution in [0.1, 0.15) is 34.7 Å². The monoisotopic (exact) mass is 289 g/mol. The molecule has 2 aromatic rings. The van der Waals surface area contributed by atoms with E-state index in [0.717, 1.165) is 0 Å². The van der Waals surface area contributed by atoms with Crippen LogP contribution < -0.4 is 0 Å². The smallest absolute Gasteiger partial charge is 0.356 e. The number of hydrogen-bond donors (Lipinski definition) is 1. The van der Waals surface area contributed by atoms with Gasteiger partial charge in [-0.1, -0.05) is 0 Å². The number of esters is 2. The van der Waals surface area contributed by atoms with Crippen LogP contribution >= 0.6 is 0 Å². The van der Waals surface area contributed by atoms with Crippen LogP contribution in [0, 0.1) is 0 Å². The van der Waals surface area contributed by atoms with E-state index in [-0.39, 0.29) is 30.2 Å². The van der Waals surface area contributed by atoms with Crippen LogP contribution in [0.3, 0.4) is 0 Å². The Kier molecular flexibility index (Phi) is 4.37. The first-order chi connectivity index (χ1) is 10.1. The first kappa shape index (κ1) is 14.8. The second-order valence-electron chi connectivity index (χ2n) is 4.20. The van der Waals surface area contributed by atoms with Crippen molar-refractivity contribution in [1.29, 1.82) is 0 Å². The van der Waals surface area contributed by atoms with Crippen molar-refractivity contribution >= 4 is 22.8 Å². The molecule has 1 heterocycles. The van der Waals surface area contributed by atoms with Crippen molar-refractivity contribution in [2.24, 2.45) is 0 Å². The van der Waals surface area contributed by atoms with Gasteiger partial charge in [0.2, 0.25) is 0 Å². The number of rotatable bonds is 4. The highest BCUT2D eigenvalue weighted by molar-refractivity contribution is 6.06. The standard InChI is InChI=1S/C15H15NO5/c1-3-20-14(18)11-8-13(15(19)21-4-2)16-12-7-9(17)5-6-10(11)12/h5-8,17H,3-4H2,1-2H3. The van der Waals surface area contributed by atoms with Crippen molar-refractivity contribution in [2.45, 2.75) is 13.8 Å². The third-order valence-corrected chi connectivity index (χ3v) is 2.77. The number of benzene rings is 1. The summed E-state index contributed by atoms with van der Waals surface area (Å²) in [7, 11) is 0. The topological polar surface area (TPSA) is 85.7 Å². The lowest BCUT2D eigenvalue weighted by Gasteiger charge is -2.09. The minimum atomic E-state index is -0.631. The molecular weight excluding hydrogens is 274 g/mol. The fourth-order valence-electron chi connectivity index (χ4n) is 1.90. The van der Waals surface area contributed by atoms with Gasteiger partial charge >= 0.3 is 11.9 Å². The van der Waals surface area contributed by atoms with Crippen molar-refractivity contribution in [2.75, 3.05) is 13.2 Å². The van der Waals surface area contributed by atoms with Gasteiger partial charge < -0.3 is 14.6 Å². The molecule has 2 rings (SSSR count). The van der Waals surface area contributed by atoms with Crippen molar-refractivity contribution in [1.82, 2.24) is 4.98 Å². The number of carbonyl (C=O) groups is 2. The van der Waals surface area contributed by atoms with Crippen molar-refractivity contribution in [3.8, 4) is 5.75 Å². The Hall–Kier alpha value is -2.63. The Morgan fingerprint density at radius 3 is 2.43 bits per heavy atom. The van der Waals surface area contributed by atoms with Gasteiger partial charge in [-0.25, -0.2) is 14.6 Å². The molecule has 6 heteroatoms. The minimum absolute atomic E-state index is 0.00185. The van der Waals surface area contributed by atoms with Crippen molar-refractivity contribution in [3.63, 3.8) is 0 Å². The molecule has 6 nitrogen and oxygen atoms in total. The van der Waals surface area contributed by atoms with E-state index in [4.69, 9.17) is 9.47 Å². The predicted octanol–water partition coefficient (Wildman–Crippen LogP) is 2.29. The summed E-state index contributed by atoms with van der Waals surface area (Å²) in [6, 6.07) is 5.71. The fraction of sp³-hybridized carbons (Fsp3) is 0.267. The van der Waals surface area contributed by atoms with E-state index < -0.39 is 11.9 Å². The molecule has 0 spiro atoms. The lowest BCUT2D eigenvalue weighted by Crippen LogP contribution is -2.12. The van der Waals surface area contributed by atoms with Crippen LogP contribution in [0.4, 0.5) is 0 Å². The van der Waals surface area contributed by atoms with Gasteiger partial charge in [0, 0.05) is 11.5 Å². The van der Waals surface area contributed by atoms with Gasteiger partial charge in [0.05, 0.1) is 24.3 Å². The number of hydrogen-bond acceptors (Lipinski definition) is 6. The van der Waals surface area contributed by atoms with E-state index in [1.807, 2.05) is 0 Å². The van der Waals surface area contributed by atoms with E-state index in [9.17, 15) is 14.7 Å².